The minimum absolute atomic E-state index is 0.573. The maximum Gasteiger partial charge on any atom is 0.150 e. The molecule has 19 heavy (non-hydrogen) atoms. The lowest BCUT2D eigenvalue weighted by molar-refractivity contribution is 0.198. The van der Waals surface area contributed by atoms with Crippen molar-refractivity contribution in [2.24, 2.45) is 0 Å². The molecule has 2 heterocycles. The second-order valence-corrected chi connectivity index (χ2v) is 5.47. The van der Waals surface area contributed by atoms with Crippen LogP contribution >= 0.6 is 0 Å². The third-order valence-electron chi connectivity index (χ3n) is 4.05. The summed E-state index contributed by atoms with van der Waals surface area (Å²) in [6, 6.07) is 0.573. The molecule has 1 atom stereocenters. The Morgan fingerprint density at radius 3 is 2.63 bits per heavy atom. The van der Waals surface area contributed by atoms with E-state index in [2.05, 4.69) is 40.4 Å². The average Bonchev–Trinajstić information content (AvgIpc) is 2.65. The van der Waals surface area contributed by atoms with Gasteiger partial charge in [0.25, 0.3) is 0 Å². The molecule has 1 unspecified atom stereocenters. The van der Waals surface area contributed by atoms with Gasteiger partial charge in [-0.2, -0.15) is 5.10 Å². The van der Waals surface area contributed by atoms with Crippen molar-refractivity contribution in [1.29, 1.82) is 0 Å². The molecule has 1 aromatic heterocycles. The zero-order valence-corrected chi connectivity index (χ0v) is 12.7. The lowest BCUT2D eigenvalue weighted by atomic mass is 10.2. The van der Waals surface area contributed by atoms with Gasteiger partial charge in [0.15, 0.2) is 5.82 Å². The Morgan fingerprint density at radius 1 is 1.32 bits per heavy atom. The molecule has 0 aromatic carbocycles. The van der Waals surface area contributed by atoms with Crippen LogP contribution in [-0.4, -0.2) is 46.9 Å². The molecule has 0 aliphatic carbocycles. The molecule has 2 rings (SSSR count). The van der Waals surface area contributed by atoms with Gasteiger partial charge in [0.1, 0.15) is 0 Å². The summed E-state index contributed by atoms with van der Waals surface area (Å²) < 4.78 is 2.08. The summed E-state index contributed by atoms with van der Waals surface area (Å²) in [7, 11) is 0. The number of nitrogens with zero attached hydrogens (tertiary/aromatic N) is 4. The van der Waals surface area contributed by atoms with E-state index in [1.807, 2.05) is 6.92 Å². The van der Waals surface area contributed by atoms with Crippen molar-refractivity contribution in [2.75, 3.05) is 36.8 Å². The predicted octanol–water partition coefficient (Wildman–Crippen LogP) is 1.71. The summed E-state index contributed by atoms with van der Waals surface area (Å²) in [6.07, 6.45) is 1.08. The van der Waals surface area contributed by atoms with Crippen molar-refractivity contribution < 1.29 is 0 Å². The summed E-state index contributed by atoms with van der Waals surface area (Å²) in [5.74, 6) is 1.13. The monoisotopic (exact) mass is 265 g/mol. The summed E-state index contributed by atoms with van der Waals surface area (Å²) >= 11 is 0. The minimum atomic E-state index is 0.573. The van der Waals surface area contributed by atoms with E-state index in [0.29, 0.717) is 6.04 Å². The van der Waals surface area contributed by atoms with Crippen molar-refractivity contribution in [3.8, 4) is 0 Å². The number of nitrogens with two attached hydrogens (primary N) is 1. The van der Waals surface area contributed by atoms with Crippen LogP contribution in [0.2, 0.25) is 0 Å². The second-order valence-electron chi connectivity index (χ2n) is 5.47. The Labute approximate surface area is 116 Å². The summed E-state index contributed by atoms with van der Waals surface area (Å²) in [5, 5.41) is 4.58. The molecule has 0 saturated carbocycles. The van der Waals surface area contributed by atoms with Crippen molar-refractivity contribution >= 4 is 11.5 Å². The number of aromatic nitrogens is 2. The summed E-state index contributed by atoms with van der Waals surface area (Å²) in [5.41, 5.74) is 8.04. The third kappa shape index (κ3) is 2.71. The fourth-order valence-electron chi connectivity index (χ4n) is 2.94. The van der Waals surface area contributed by atoms with Gasteiger partial charge in [-0.05, 0) is 26.8 Å². The lowest BCUT2D eigenvalue weighted by Crippen LogP contribution is -2.52. The molecule has 1 fully saturated rings. The van der Waals surface area contributed by atoms with Crippen LogP contribution in [0, 0.1) is 6.92 Å². The smallest absolute Gasteiger partial charge is 0.150 e. The highest BCUT2D eigenvalue weighted by Crippen LogP contribution is 2.28. The first-order valence-electron chi connectivity index (χ1n) is 7.40. The average molecular weight is 265 g/mol. The number of aryl methyl sites for hydroxylation is 2. The van der Waals surface area contributed by atoms with Crippen LogP contribution < -0.4 is 10.6 Å². The third-order valence-corrected chi connectivity index (χ3v) is 4.05. The molecule has 0 radical (unpaired) electrons. The van der Waals surface area contributed by atoms with Gasteiger partial charge in [0.2, 0.25) is 0 Å². The standard InChI is InChI=1S/C14H27N5/c1-5-7-19-14(13(15)12(4)16-19)18-9-8-17(6-2)11(3)10-18/h11H,5-10,15H2,1-4H3. The quantitative estimate of drug-likeness (QED) is 0.900. The fraction of sp³-hybridized carbons (Fsp3) is 0.786. The van der Waals surface area contributed by atoms with Crippen LogP contribution in [0.5, 0.6) is 0 Å². The SMILES string of the molecule is CCCn1nc(C)c(N)c1N1CCN(CC)C(C)C1. The number of rotatable bonds is 4. The molecule has 2 N–H and O–H groups in total. The highest BCUT2D eigenvalue weighted by atomic mass is 15.4. The van der Waals surface area contributed by atoms with Gasteiger partial charge < -0.3 is 10.6 Å². The van der Waals surface area contributed by atoms with Gasteiger partial charge in [-0.15, -0.1) is 0 Å². The number of likely N-dealkylation sites (N-methyl/N-ethyl adjacent to an activating group) is 1. The van der Waals surface area contributed by atoms with Crippen LogP contribution in [0.25, 0.3) is 0 Å². The first-order chi connectivity index (χ1) is 9.08. The van der Waals surface area contributed by atoms with E-state index in [1.165, 1.54) is 0 Å². The molecule has 5 heteroatoms. The fourth-order valence-corrected chi connectivity index (χ4v) is 2.94. The molecule has 1 aliphatic rings. The molecule has 0 bridgehead atoms. The number of hydrogen-bond donors (Lipinski definition) is 1. The Hall–Kier alpha value is -1.23. The van der Waals surface area contributed by atoms with Crippen LogP contribution in [0.1, 0.15) is 32.9 Å². The van der Waals surface area contributed by atoms with Gasteiger partial charge in [0, 0.05) is 32.2 Å². The summed E-state index contributed by atoms with van der Waals surface area (Å²) in [4.78, 5) is 4.92. The molecule has 108 valence electrons. The van der Waals surface area contributed by atoms with E-state index in [0.717, 1.165) is 56.3 Å². The normalized spacial score (nSPS) is 21.1. The largest absolute Gasteiger partial charge is 0.394 e. The Bertz CT molecular complexity index is 426. The molecule has 1 aromatic rings. The van der Waals surface area contributed by atoms with Crippen molar-refractivity contribution in [2.45, 2.75) is 46.7 Å². The van der Waals surface area contributed by atoms with E-state index >= 15 is 0 Å². The summed E-state index contributed by atoms with van der Waals surface area (Å²) in [6.45, 7) is 13.9. The highest BCUT2D eigenvalue weighted by Gasteiger charge is 2.26. The van der Waals surface area contributed by atoms with Gasteiger partial charge >= 0.3 is 0 Å². The van der Waals surface area contributed by atoms with Gasteiger partial charge in [-0.1, -0.05) is 13.8 Å². The molecule has 1 saturated heterocycles. The van der Waals surface area contributed by atoms with E-state index in [-0.39, 0.29) is 0 Å². The van der Waals surface area contributed by atoms with Crippen LogP contribution in [0.3, 0.4) is 0 Å². The maximum absolute atomic E-state index is 6.24. The molecule has 0 amide bonds. The van der Waals surface area contributed by atoms with Gasteiger partial charge in [0.05, 0.1) is 11.4 Å². The maximum atomic E-state index is 6.24. The van der Waals surface area contributed by atoms with Crippen molar-refractivity contribution in [1.82, 2.24) is 14.7 Å². The Balaban J connectivity index is 2.22. The Kier molecular flexibility index (Phi) is 4.34. The number of anilines is 2. The van der Waals surface area contributed by atoms with Crippen molar-refractivity contribution in [3.63, 3.8) is 0 Å². The van der Waals surface area contributed by atoms with E-state index in [9.17, 15) is 0 Å². The molecular formula is C14H27N5. The van der Waals surface area contributed by atoms with Gasteiger partial charge in [-0.25, -0.2) is 4.68 Å². The van der Waals surface area contributed by atoms with Crippen molar-refractivity contribution in [3.05, 3.63) is 5.69 Å². The molecule has 0 spiro atoms. The number of piperazine rings is 1. The molecule has 1 aliphatic heterocycles. The molecule has 5 nitrogen and oxygen atoms in total. The minimum Gasteiger partial charge on any atom is -0.394 e. The van der Waals surface area contributed by atoms with Gasteiger partial charge in [-0.3, -0.25) is 4.90 Å². The number of hydrogen-bond acceptors (Lipinski definition) is 4. The van der Waals surface area contributed by atoms with E-state index in [1.54, 1.807) is 0 Å². The zero-order chi connectivity index (χ0) is 14.0. The van der Waals surface area contributed by atoms with Crippen LogP contribution in [0.4, 0.5) is 11.5 Å². The van der Waals surface area contributed by atoms with Crippen LogP contribution in [0.15, 0.2) is 0 Å². The Morgan fingerprint density at radius 2 is 2.05 bits per heavy atom. The van der Waals surface area contributed by atoms with E-state index < -0.39 is 0 Å². The predicted molar refractivity (Wildman–Crippen MR) is 80.6 cm³/mol. The molecular weight excluding hydrogens is 238 g/mol. The highest BCUT2D eigenvalue weighted by molar-refractivity contribution is 5.66. The number of nitrogen functional groups attached to an aromatic ring is 1. The van der Waals surface area contributed by atoms with Crippen LogP contribution in [-0.2, 0) is 6.54 Å². The first-order valence-corrected chi connectivity index (χ1v) is 7.40. The second kappa shape index (κ2) is 5.82. The first kappa shape index (κ1) is 14.2. The van der Waals surface area contributed by atoms with E-state index in [4.69, 9.17) is 5.73 Å². The zero-order valence-electron chi connectivity index (χ0n) is 12.7. The lowest BCUT2D eigenvalue weighted by Gasteiger charge is -2.40. The topological polar surface area (TPSA) is 50.3 Å².